The van der Waals surface area contributed by atoms with Crippen LogP contribution in [-0.4, -0.2) is 33.2 Å². The molecule has 0 amide bonds. The quantitative estimate of drug-likeness (QED) is 0.836. The number of nitriles is 1. The van der Waals surface area contributed by atoms with Crippen LogP contribution in [0.1, 0.15) is 54.7 Å². The van der Waals surface area contributed by atoms with Crippen molar-refractivity contribution in [2.75, 3.05) is 13.1 Å². The molecule has 8 heteroatoms. The number of hydrogen-bond acceptors (Lipinski definition) is 4. The van der Waals surface area contributed by atoms with Crippen LogP contribution < -0.4 is 0 Å². The summed E-state index contributed by atoms with van der Waals surface area (Å²) >= 11 is 0. The number of halogens is 3. The molecule has 2 aliphatic rings. The fourth-order valence-electron chi connectivity index (χ4n) is 4.12. The molecule has 148 valence electrons. The lowest BCUT2D eigenvalue weighted by Gasteiger charge is -2.30. The first-order chi connectivity index (χ1) is 13.5. The molecule has 0 unspecified atom stereocenters. The average molecular weight is 389 g/mol. The summed E-state index contributed by atoms with van der Waals surface area (Å²) in [6.07, 6.45) is 2.66. The minimum Gasteiger partial charge on any atom is -0.299 e. The zero-order valence-corrected chi connectivity index (χ0v) is 15.5. The topological polar surface area (TPSA) is 68.6 Å². The second-order valence-electron chi connectivity index (χ2n) is 7.68. The van der Waals surface area contributed by atoms with Gasteiger partial charge in [-0.15, -0.1) is 0 Å². The van der Waals surface area contributed by atoms with Gasteiger partial charge in [-0.3, -0.25) is 15.0 Å². The summed E-state index contributed by atoms with van der Waals surface area (Å²) in [5.41, 5.74) is 1.41. The summed E-state index contributed by atoms with van der Waals surface area (Å²) in [5.74, 6) is -0.0216. The number of aromatic nitrogens is 3. The Kier molecular flexibility index (Phi) is 5.11. The highest BCUT2D eigenvalue weighted by molar-refractivity contribution is 5.65. The van der Waals surface area contributed by atoms with Crippen molar-refractivity contribution in [1.29, 1.82) is 5.26 Å². The van der Waals surface area contributed by atoms with Gasteiger partial charge in [0.15, 0.2) is 0 Å². The molecule has 4 rings (SSSR count). The number of rotatable bonds is 4. The van der Waals surface area contributed by atoms with Crippen LogP contribution in [0, 0.1) is 17.2 Å². The molecular weight excluding hydrogens is 367 g/mol. The van der Waals surface area contributed by atoms with Crippen molar-refractivity contribution in [2.45, 2.75) is 50.7 Å². The first-order valence-corrected chi connectivity index (χ1v) is 9.68. The van der Waals surface area contributed by atoms with Gasteiger partial charge in [-0.1, -0.05) is 6.42 Å². The smallest absolute Gasteiger partial charge is 0.299 e. The van der Waals surface area contributed by atoms with Gasteiger partial charge in [0.1, 0.15) is 5.69 Å². The number of pyridine rings is 1. The SMILES string of the molecule is N#CC1CCN(Cc2c[nH]nc2-c2nccc(C(F)(F)F)c2C2CCC2)CC1. The van der Waals surface area contributed by atoms with Crippen molar-refractivity contribution in [3.8, 4) is 17.5 Å². The molecule has 2 aromatic heterocycles. The summed E-state index contributed by atoms with van der Waals surface area (Å²) in [6, 6.07) is 3.39. The van der Waals surface area contributed by atoms with E-state index in [4.69, 9.17) is 5.26 Å². The van der Waals surface area contributed by atoms with Crippen LogP contribution in [0.3, 0.4) is 0 Å². The maximum atomic E-state index is 13.6. The van der Waals surface area contributed by atoms with Crippen molar-refractivity contribution in [1.82, 2.24) is 20.1 Å². The maximum Gasteiger partial charge on any atom is 0.416 e. The Bertz CT molecular complexity index is 871. The number of alkyl halides is 3. The molecule has 1 N–H and O–H groups in total. The Labute approximate surface area is 161 Å². The third-order valence-corrected chi connectivity index (χ3v) is 5.92. The van der Waals surface area contributed by atoms with Crippen LogP contribution in [-0.2, 0) is 12.7 Å². The number of piperidine rings is 1. The van der Waals surface area contributed by atoms with Gasteiger partial charge in [0.25, 0.3) is 0 Å². The molecule has 1 aliphatic heterocycles. The van der Waals surface area contributed by atoms with Crippen LogP contribution in [0.4, 0.5) is 13.2 Å². The highest BCUT2D eigenvalue weighted by Crippen LogP contribution is 2.46. The number of nitrogens with one attached hydrogen (secondary N) is 1. The lowest BCUT2D eigenvalue weighted by molar-refractivity contribution is -0.138. The van der Waals surface area contributed by atoms with E-state index in [0.717, 1.165) is 56.8 Å². The van der Waals surface area contributed by atoms with Gasteiger partial charge in [0, 0.05) is 30.4 Å². The standard InChI is InChI=1S/C20H22F3N5/c21-20(22,23)16-4-7-25-19(17(16)14-2-1-3-14)18-15(11-26-27-18)12-28-8-5-13(10-24)6-9-28/h4,7,11,13-14H,1-3,5-6,8-9,12H2,(H,26,27). The number of likely N-dealkylation sites (tertiary alicyclic amines) is 1. The molecule has 2 aromatic rings. The fourth-order valence-corrected chi connectivity index (χ4v) is 4.12. The molecule has 1 aliphatic carbocycles. The molecule has 0 bridgehead atoms. The minimum absolute atomic E-state index is 0.0930. The van der Waals surface area contributed by atoms with Gasteiger partial charge in [-0.2, -0.15) is 23.5 Å². The molecule has 0 spiro atoms. The van der Waals surface area contributed by atoms with E-state index in [-0.39, 0.29) is 17.4 Å². The summed E-state index contributed by atoms with van der Waals surface area (Å²) in [4.78, 5) is 6.55. The van der Waals surface area contributed by atoms with Crippen LogP contribution in [0.15, 0.2) is 18.5 Å². The molecule has 1 saturated carbocycles. The van der Waals surface area contributed by atoms with Gasteiger partial charge in [-0.05, 0) is 56.3 Å². The lowest BCUT2D eigenvalue weighted by atomic mass is 9.76. The van der Waals surface area contributed by atoms with Crippen molar-refractivity contribution >= 4 is 0 Å². The molecule has 3 heterocycles. The second kappa shape index (κ2) is 7.55. The van der Waals surface area contributed by atoms with Gasteiger partial charge in [0.05, 0.1) is 17.3 Å². The third-order valence-electron chi connectivity index (χ3n) is 5.92. The summed E-state index contributed by atoms with van der Waals surface area (Å²) in [7, 11) is 0. The Balaban J connectivity index is 1.66. The van der Waals surface area contributed by atoms with E-state index in [0.29, 0.717) is 17.9 Å². The maximum absolute atomic E-state index is 13.6. The van der Waals surface area contributed by atoms with Crippen molar-refractivity contribution in [2.24, 2.45) is 5.92 Å². The second-order valence-corrected chi connectivity index (χ2v) is 7.68. The van der Waals surface area contributed by atoms with E-state index in [1.807, 2.05) is 0 Å². The number of hydrogen-bond donors (Lipinski definition) is 1. The average Bonchev–Trinajstić information content (AvgIpc) is 3.08. The third kappa shape index (κ3) is 3.63. The summed E-state index contributed by atoms with van der Waals surface area (Å²) in [6.45, 7) is 2.19. The Morgan fingerprint density at radius 2 is 1.93 bits per heavy atom. The lowest BCUT2D eigenvalue weighted by Crippen LogP contribution is -2.32. The van der Waals surface area contributed by atoms with Gasteiger partial charge in [-0.25, -0.2) is 0 Å². The minimum atomic E-state index is -4.40. The number of H-pyrrole nitrogens is 1. The van der Waals surface area contributed by atoms with Crippen LogP contribution in [0.2, 0.25) is 0 Å². The molecule has 1 saturated heterocycles. The monoisotopic (exact) mass is 389 g/mol. The molecule has 5 nitrogen and oxygen atoms in total. The highest BCUT2D eigenvalue weighted by atomic mass is 19.4. The van der Waals surface area contributed by atoms with Crippen molar-refractivity contribution < 1.29 is 13.2 Å². The van der Waals surface area contributed by atoms with Gasteiger partial charge in [0.2, 0.25) is 0 Å². The number of aromatic amines is 1. The molecule has 0 radical (unpaired) electrons. The molecule has 28 heavy (non-hydrogen) atoms. The zero-order valence-electron chi connectivity index (χ0n) is 15.5. The van der Waals surface area contributed by atoms with E-state index in [1.54, 1.807) is 6.20 Å². The Morgan fingerprint density at radius 1 is 1.18 bits per heavy atom. The molecule has 2 fully saturated rings. The van der Waals surface area contributed by atoms with Crippen molar-refractivity contribution in [3.05, 3.63) is 35.2 Å². The fraction of sp³-hybridized carbons (Fsp3) is 0.550. The first kappa shape index (κ1) is 18.9. The van der Waals surface area contributed by atoms with Crippen LogP contribution in [0.25, 0.3) is 11.4 Å². The van der Waals surface area contributed by atoms with Crippen LogP contribution in [0.5, 0.6) is 0 Å². The molecular formula is C20H22F3N5. The van der Waals surface area contributed by atoms with E-state index < -0.39 is 11.7 Å². The van der Waals surface area contributed by atoms with Crippen LogP contribution >= 0.6 is 0 Å². The Hall–Kier alpha value is -2.40. The highest BCUT2D eigenvalue weighted by Gasteiger charge is 2.39. The van der Waals surface area contributed by atoms with Gasteiger partial charge >= 0.3 is 6.18 Å². The Morgan fingerprint density at radius 3 is 2.54 bits per heavy atom. The van der Waals surface area contributed by atoms with Crippen molar-refractivity contribution in [3.63, 3.8) is 0 Å². The summed E-state index contributed by atoms with van der Waals surface area (Å²) in [5, 5.41) is 16.1. The van der Waals surface area contributed by atoms with E-state index in [9.17, 15) is 13.2 Å². The predicted molar refractivity (Wildman–Crippen MR) is 97.0 cm³/mol. The zero-order chi connectivity index (χ0) is 19.7. The van der Waals surface area contributed by atoms with E-state index >= 15 is 0 Å². The predicted octanol–water partition coefficient (Wildman–Crippen LogP) is 4.49. The molecule has 0 aromatic carbocycles. The van der Waals surface area contributed by atoms with E-state index in [1.165, 1.54) is 6.20 Å². The first-order valence-electron chi connectivity index (χ1n) is 9.68. The van der Waals surface area contributed by atoms with Gasteiger partial charge < -0.3 is 0 Å². The normalized spacial score (nSPS) is 19.4. The van der Waals surface area contributed by atoms with E-state index in [2.05, 4.69) is 26.2 Å². The largest absolute Gasteiger partial charge is 0.416 e. The summed E-state index contributed by atoms with van der Waals surface area (Å²) < 4.78 is 40.9. The number of nitrogens with zero attached hydrogens (tertiary/aromatic N) is 4. The molecule has 0 atom stereocenters.